The quantitative estimate of drug-likeness (QED) is 0.910. The molecule has 1 aliphatic rings. The van der Waals surface area contributed by atoms with Gasteiger partial charge in [0.15, 0.2) is 0 Å². The van der Waals surface area contributed by atoms with Crippen LogP contribution < -0.4 is 5.32 Å². The van der Waals surface area contributed by atoms with Gasteiger partial charge < -0.3 is 9.88 Å². The fourth-order valence-electron chi connectivity index (χ4n) is 2.86. The lowest BCUT2D eigenvalue weighted by molar-refractivity contribution is 0.360. The highest BCUT2D eigenvalue weighted by Crippen LogP contribution is 2.20. The number of hydrogen-bond donors (Lipinski definition) is 1. The molecule has 3 nitrogen and oxygen atoms in total. The molecule has 0 aliphatic carbocycles. The van der Waals surface area contributed by atoms with Gasteiger partial charge in [-0.25, -0.2) is 4.98 Å². The number of nitrogens with one attached hydrogen (secondary N) is 1. The lowest BCUT2D eigenvalue weighted by Crippen LogP contribution is -2.30. The second-order valence-electron chi connectivity index (χ2n) is 5.22. The van der Waals surface area contributed by atoms with Crippen molar-refractivity contribution in [2.75, 3.05) is 13.1 Å². The number of imidazole rings is 1. The molecule has 100 valence electrons. The lowest BCUT2D eigenvalue weighted by Gasteiger charge is -2.25. The first kappa shape index (κ1) is 12.4. The van der Waals surface area contributed by atoms with E-state index in [2.05, 4.69) is 51.4 Å². The van der Waals surface area contributed by atoms with Crippen molar-refractivity contribution in [1.82, 2.24) is 14.9 Å². The molecule has 0 unspecified atom stereocenters. The first-order valence-corrected chi connectivity index (χ1v) is 7.20. The van der Waals surface area contributed by atoms with Crippen LogP contribution in [-0.2, 0) is 12.8 Å². The summed E-state index contributed by atoms with van der Waals surface area (Å²) in [7, 11) is 0. The SMILES string of the molecule is c1ccc(CCc2nccn2C2CCNCC2)cc1. The average molecular weight is 255 g/mol. The predicted molar refractivity (Wildman–Crippen MR) is 77.2 cm³/mol. The lowest BCUT2D eigenvalue weighted by atomic mass is 10.1. The summed E-state index contributed by atoms with van der Waals surface area (Å²) in [5, 5.41) is 3.42. The molecular formula is C16H21N3. The Morgan fingerprint density at radius 1 is 1.11 bits per heavy atom. The molecule has 1 fully saturated rings. The predicted octanol–water partition coefficient (Wildman–Crippen LogP) is 2.59. The standard InChI is InChI=1S/C16H21N3/c1-2-4-14(5-3-1)6-7-16-18-12-13-19(16)15-8-10-17-11-9-15/h1-5,12-13,15,17H,6-11H2. The molecule has 2 aromatic rings. The summed E-state index contributed by atoms with van der Waals surface area (Å²) < 4.78 is 2.39. The van der Waals surface area contributed by atoms with E-state index in [4.69, 9.17) is 0 Å². The molecule has 0 atom stereocenters. The van der Waals surface area contributed by atoms with Gasteiger partial charge in [0.2, 0.25) is 0 Å². The molecule has 1 saturated heterocycles. The maximum atomic E-state index is 4.55. The van der Waals surface area contributed by atoms with Gasteiger partial charge in [0.05, 0.1) is 0 Å². The number of rotatable bonds is 4. The van der Waals surface area contributed by atoms with Gasteiger partial charge in [-0.05, 0) is 37.9 Å². The summed E-state index contributed by atoms with van der Waals surface area (Å²) in [6.07, 6.45) is 8.63. The fraction of sp³-hybridized carbons (Fsp3) is 0.438. The number of piperidine rings is 1. The number of aromatic nitrogens is 2. The van der Waals surface area contributed by atoms with Crippen molar-refractivity contribution in [3.8, 4) is 0 Å². The number of hydrogen-bond acceptors (Lipinski definition) is 2. The normalized spacial score (nSPS) is 16.6. The van der Waals surface area contributed by atoms with Gasteiger partial charge in [-0.15, -0.1) is 0 Å². The Morgan fingerprint density at radius 3 is 2.68 bits per heavy atom. The van der Waals surface area contributed by atoms with Crippen molar-refractivity contribution in [1.29, 1.82) is 0 Å². The summed E-state index contributed by atoms with van der Waals surface area (Å²) >= 11 is 0. The minimum absolute atomic E-state index is 0.634. The molecule has 0 amide bonds. The van der Waals surface area contributed by atoms with Gasteiger partial charge in [-0.2, -0.15) is 0 Å². The molecule has 0 bridgehead atoms. The summed E-state index contributed by atoms with van der Waals surface area (Å²) in [5.41, 5.74) is 1.39. The maximum absolute atomic E-state index is 4.55. The van der Waals surface area contributed by atoms with Gasteiger partial charge in [0, 0.05) is 24.9 Å². The van der Waals surface area contributed by atoms with Crippen molar-refractivity contribution >= 4 is 0 Å². The van der Waals surface area contributed by atoms with Crippen LogP contribution in [-0.4, -0.2) is 22.6 Å². The summed E-state index contributed by atoms with van der Waals surface area (Å²) in [6, 6.07) is 11.3. The Morgan fingerprint density at radius 2 is 1.89 bits per heavy atom. The van der Waals surface area contributed by atoms with Crippen molar-refractivity contribution in [3.05, 3.63) is 54.1 Å². The first-order valence-electron chi connectivity index (χ1n) is 7.20. The van der Waals surface area contributed by atoms with Crippen molar-refractivity contribution in [2.24, 2.45) is 0 Å². The van der Waals surface area contributed by atoms with Crippen LogP contribution in [0.1, 0.15) is 30.3 Å². The van der Waals surface area contributed by atoms with Crippen LogP contribution in [0.2, 0.25) is 0 Å². The molecular weight excluding hydrogens is 234 g/mol. The minimum Gasteiger partial charge on any atom is -0.332 e. The first-order chi connectivity index (χ1) is 9.43. The average Bonchev–Trinajstić information content (AvgIpc) is 2.95. The van der Waals surface area contributed by atoms with E-state index in [0.717, 1.165) is 25.9 Å². The van der Waals surface area contributed by atoms with E-state index in [1.54, 1.807) is 0 Å². The van der Waals surface area contributed by atoms with E-state index in [0.29, 0.717) is 6.04 Å². The van der Waals surface area contributed by atoms with Crippen LogP contribution in [0.25, 0.3) is 0 Å². The van der Waals surface area contributed by atoms with E-state index in [9.17, 15) is 0 Å². The Labute approximate surface area is 114 Å². The Balaban J connectivity index is 1.66. The van der Waals surface area contributed by atoms with Crippen LogP contribution in [0.3, 0.4) is 0 Å². The van der Waals surface area contributed by atoms with Gasteiger partial charge >= 0.3 is 0 Å². The number of aryl methyl sites for hydroxylation is 2. The molecule has 3 heteroatoms. The Kier molecular flexibility index (Phi) is 3.94. The maximum Gasteiger partial charge on any atom is 0.109 e. The van der Waals surface area contributed by atoms with Crippen molar-refractivity contribution in [2.45, 2.75) is 31.7 Å². The number of benzene rings is 1. The molecule has 19 heavy (non-hydrogen) atoms. The summed E-state index contributed by atoms with van der Waals surface area (Å²) in [4.78, 5) is 4.55. The Bertz CT molecular complexity index is 498. The second kappa shape index (κ2) is 6.02. The molecule has 3 rings (SSSR count). The third kappa shape index (κ3) is 3.04. The molecule has 0 radical (unpaired) electrons. The third-order valence-corrected chi connectivity index (χ3v) is 3.93. The highest BCUT2D eigenvalue weighted by Gasteiger charge is 2.17. The molecule has 0 saturated carbocycles. The second-order valence-corrected chi connectivity index (χ2v) is 5.22. The highest BCUT2D eigenvalue weighted by atomic mass is 15.1. The molecule has 1 aromatic heterocycles. The van der Waals surface area contributed by atoms with E-state index in [1.807, 2.05) is 6.20 Å². The van der Waals surface area contributed by atoms with Crippen LogP contribution in [0, 0.1) is 0 Å². The Hall–Kier alpha value is -1.61. The molecule has 1 aromatic carbocycles. The van der Waals surface area contributed by atoms with E-state index < -0.39 is 0 Å². The zero-order valence-electron chi connectivity index (χ0n) is 11.3. The van der Waals surface area contributed by atoms with Gasteiger partial charge in [-0.1, -0.05) is 30.3 Å². The van der Waals surface area contributed by atoms with E-state index in [-0.39, 0.29) is 0 Å². The number of nitrogens with zero attached hydrogens (tertiary/aromatic N) is 2. The largest absolute Gasteiger partial charge is 0.332 e. The topological polar surface area (TPSA) is 29.9 Å². The molecule has 0 spiro atoms. The minimum atomic E-state index is 0.634. The zero-order valence-corrected chi connectivity index (χ0v) is 11.3. The van der Waals surface area contributed by atoms with Crippen LogP contribution in [0.4, 0.5) is 0 Å². The van der Waals surface area contributed by atoms with Gasteiger partial charge in [0.1, 0.15) is 5.82 Å². The third-order valence-electron chi connectivity index (χ3n) is 3.93. The monoisotopic (exact) mass is 255 g/mol. The van der Waals surface area contributed by atoms with E-state index in [1.165, 1.54) is 24.2 Å². The smallest absolute Gasteiger partial charge is 0.109 e. The fourth-order valence-corrected chi connectivity index (χ4v) is 2.86. The summed E-state index contributed by atoms with van der Waals surface area (Å²) in [5.74, 6) is 1.23. The highest BCUT2D eigenvalue weighted by molar-refractivity contribution is 5.15. The summed E-state index contributed by atoms with van der Waals surface area (Å²) in [6.45, 7) is 2.25. The van der Waals surface area contributed by atoms with Crippen molar-refractivity contribution in [3.63, 3.8) is 0 Å². The van der Waals surface area contributed by atoms with Crippen LogP contribution >= 0.6 is 0 Å². The van der Waals surface area contributed by atoms with Crippen molar-refractivity contribution < 1.29 is 0 Å². The van der Waals surface area contributed by atoms with Crippen LogP contribution in [0.5, 0.6) is 0 Å². The van der Waals surface area contributed by atoms with Gasteiger partial charge in [-0.3, -0.25) is 0 Å². The molecule has 1 N–H and O–H groups in total. The zero-order chi connectivity index (χ0) is 12.9. The van der Waals surface area contributed by atoms with Gasteiger partial charge in [0.25, 0.3) is 0 Å². The van der Waals surface area contributed by atoms with Crippen LogP contribution in [0.15, 0.2) is 42.7 Å². The molecule has 1 aliphatic heterocycles. The van der Waals surface area contributed by atoms with E-state index >= 15 is 0 Å². The molecule has 2 heterocycles.